The molecule has 1 atom stereocenters. The Kier molecular flexibility index (Phi) is 6.93. The molecule has 4 heterocycles. The Morgan fingerprint density at radius 3 is 2.74 bits per heavy atom. The third-order valence-electron chi connectivity index (χ3n) is 6.12. The Balaban J connectivity index is 1.37. The molecule has 1 saturated heterocycles. The van der Waals surface area contributed by atoms with Crippen LogP contribution in [0.25, 0.3) is 11.0 Å². The number of pyridine rings is 1. The molecule has 3 aromatic heterocycles. The highest BCUT2D eigenvalue weighted by atomic mass is 19.4. The van der Waals surface area contributed by atoms with Crippen molar-refractivity contribution in [3.63, 3.8) is 0 Å². The van der Waals surface area contributed by atoms with Crippen LogP contribution in [0.15, 0.2) is 42.6 Å². The molecule has 2 N–H and O–H groups in total. The number of alkyl halides is 3. The second kappa shape index (κ2) is 10.3. The maximum Gasteiger partial charge on any atom is 0.433 e. The van der Waals surface area contributed by atoms with Gasteiger partial charge in [0.1, 0.15) is 23.0 Å². The Hall–Kier alpha value is -4.13. The van der Waals surface area contributed by atoms with E-state index >= 15 is 0 Å². The smallest absolute Gasteiger partial charge is 0.433 e. The summed E-state index contributed by atoms with van der Waals surface area (Å²) in [6.45, 7) is 2.56. The van der Waals surface area contributed by atoms with E-state index in [1.807, 2.05) is 0 Å². The zero-order valence-electron chi connectivity index (χ0n) is 20.7. The summed E-state index contributed by atoms with van der Waals surface area (Å²) in [7, 11) is 1.74. The first kappa shape index (κ1) is 25.5. The molecule has 0 unspecified atom stereocenters. The molecule has 5 rings (SSSR count). The number of imidazole rings is 1. The van der Waals surface area contributed by atoms with E-state index in [-0.39, 0.29) is 24.2 Å². The SMILES string of the molecule is CC(=O)Nc1cc(Oc2ccc3nc(Nc4cc(C(F)(F)F)n(C[C@H]5CCCOC5)n4)n(C)c3c2)ccn1. The maximum absolute atomic E-state index is 13.7. The molecule has 1 aliphatic heterocycles. The molecule has 10 nitrogen and oxygen atoms in total. The first-order valence-corrected chi connectivity index (χ1v) is 12.0. The van der Waals surface area contributed by atoms with E-state index in [2.05, 4.69) is 25.7 Å². The van der Waals surface area contributed by atoms with Crippen LogP contribution in [0.5, 0.6) is 11.5 Å². The van der Waals surface area contributed by atoms with Crippen molar-refractivity contribution in [2.45, 2.75) is 32.5 Å². The third kappa shape index (κ3) is 5.72. The summed E-state index contributed by atoms with van der Waals surface area (Å²) < 4.78 is 55.2. The molecular formula is C25H26F3N7O3. The average Bonchev–Trinajstić information content (AvgIpc) is 3.40. The summed E-state index contributed by atoms with van der Waals surface area (Å²) in [6, 6.07) is 9.47. The Bertz CT molecular complexity index is 1460. The number of halogens is 3. The highest BCUT2D eigenvalue weighted by Crippen LogP contribution is 2.34. The summed E-state index contributed by atoms with van der Waals surface area (Å²) in [5.41, 5.74) is 0.484. The van der Waals surface area contributed by atoms with Crippen LogP contribution in [0.3, 0.4) is 0 Å². The van der Waals surface area contributed by atoms with Crippen molar-refractivity contribution >= 4 is 34.5 Å². The number of carbonyl (C=O) groups excluding carboxylic acids is 1. The summed E-state index contributed by atoms with van der Waals surface area (Å²) in [5, 5.41) is 9.72. The van der Waals surface area contributed by atoms with Gasteiger partial charge in [-0.3, -0.25) is 9.48 Å². The number of aromatic nitrogens is 5. The summed E-state index contributed by atoms with van der Waals surface area (Å²) >= 11 is 0. The van der Waals surface area contributed by atoms with E-state index in [4.69, 9.17) is 9.47 Å². The number of hydrogen-bond acceptors (Lipinski definition) is 7. The summed E-state index contributed by atoms with van der Waals surface area (Å²) in [5.74, 6) is 1.43. The monoisotopic (exact) mass is 529 g/mol. The molecule has 200 valence electrons. The molecule has 1 fully saturated rings. The molecule has 0 aliphatic carbocycles. The van der Waals surface area contributed by atoms with Crippen LogP contribution in [0.2, 0.25) is 0 Å². The van der Waals surface area contributed by atoms with Gasteiger partial charge in [-0.15, -0.1) is 0 Å². The van der Waals surface area contributed by atoms with Crippen LogP contribution in [0, 0.1) is 5.92 Å². The zero-order chi connectivity index (χ0) is 26.9. The van der Waals surface area contributed by atoms with Gasteiger partial charge >= 0.3 is 6.18 Å². The molecule has 1 aliphatic rings. The number of nitrogens with zero attached hydrogens (tertiary/aromatic N) is 5. The molecule has 0 bridgehead atoms. The standard InChI is InChI=1S/C25H26F3N7O3/c1-15(36)30-22-11-18(7-8-29-22)38-17-5-6-19-20(10-17)34(2)24(31-19)32-23-12-21(25(26,27)28)35(33-23)13-16-4-3-9-37-14-16/h5-8,10-12,16H,3-4,9,13-14H2,1-2H3,(H,29,30,36)(H,31,32,33)/t16-/m1/s1. The van der Waals surface area contributed by atoms with E-state index in [1.165, 1.54) is 13.1 Å². The number of aryl methyl sites for hydroxylation is 1. The van der Waals surface area contributed by atoms with Crippen LogP contribution in [-0.2, 0) is 29.3 Å². The second-order valence-corrected chi connectivity index (χ2v) is 9.11. The van der Waals surface area contributed by atoms with Gasteiger partial charge in [0.15, 0.2) is 5.82 Å². The van der Waals surface area contributed by atoms with Crippen LogP contribution in [0.1, 0.15) is 25.5 Å². The van der Waals surface area contributed by atoms with Crippen molar-refractivity contribution in [1.82, 2.24) is 24.3 Å². The number of carbonyl (C=O) groups is 1. The minimum atomic E-state index is -4.55. The Morgan fingerprint density at radius 2 is 2.00 bits per heavy atom. The van der Waals surface area contributed by atoms with Gasteiger partial charge in [-0.1, -0.05) is 0 Å². The molecule has 4 aromatic rings. The molecule has 1 amide bonds. The summed E-state index contributed by atoms with van der Waals surface area (Å²) in [4.78, 5) is 19.9. The van der Waals surface area contributed by atoms with Crippen LogP contribution in [-0.4, -0.2) is 43.4 Å². The van der Waals surface area contributed by atoms with Crippen molar-refractivity contribution in [2.75, 3.05) is 23.8 Å². The highest BCUT2D eigenvalue weighted by Gasteiger charge is 2.36. The number of amides is 1. The van der Waals surface area contributed by atoms with Gasteiger partial charge < -0.3 is 24.7 Å². The number of fused-ring (bicyclic) bond motifs is 1. The number of anilines is 3. The average molecular weight is 530 g/mol. The lowest BCUT2D eigenvalue weighted by Gasteiger charge is -2.22. The van der Waals surface area contributed by atoms with Gasteiger partial charge in [-0.2, -0.15) is 18.3 Å². The fraction of sp³-hybridized carbons (Fsp3) is 0.360. The molecule has 0 radical (unpaired) electrons. The lowest BCUT2D eigenvalue weighted by Crippen LogP contribution is -2.25. The van der Waals surface area contributed by atoms with Gasteiger partial charge in [0.25, 0.3) is 0 Å². The van der Waals surface area contributed by atoms with Crippen LogP contribution >= 0.6 is 0 Å². The van der Waals surface area contributed by atoms with Gasteiger partial charge in [0.05, 0.1) is 17.6 Å². The van der Waals surface area contributed by atoms with Crippen molar-refractivity contribution in [3.05, 3.63) is 48.3 Å². The number of ether oxygens (including phenoxy) is 2. The van der Waals surface area contributed by atoms with Crippen molar-refractivity contribution in [2.24, 2.45) is 13.0 Å². The minimum Gasteiger partial charge on any atom is -0.457 e. The predicted molar refractivity (Wildman–Crippen MR) is 133 cm³/mol. The molecule has 38 heavy (non-hydrogen) atoms. The van der Waals surface area contributed by atoms with Crippen LogP contribution in [0.4, 0.5) is 30.8 Å². The first-order chi connectivity index (χ1) is 18.2. The molecule has 0 saturated carbocycles. The minimum absolute atomic E-state index is 0.0264. The maximum atomic E-state index is 13.7. The lowest BCUT2D eigenvalue weighted by molar-refractivity contribution is -0.144. The fourth-order valence-electron chi connectivity index (χ4n) is 4.36. The van der Waals surface area contributed by atoms with E-state index in [0.29, 0.717) is 47.5 Å². The topological polar surface area (TPSA) is 108 Å². The van der Waals surface area contributed by atoms with E-state index < -0.39 is 11.9 Å². The second-order valence-electron chi connectivity index (χ2n) is 9.11. The normalized spacial score (nSPS) is 16.0. The molecular weight excluding hydrogens is 503 g/mol. The summed E-state index contributed by atoms with van der Waals surface area (Å²) in [6.07, 6.45) is -1.42. The third-order valence-corrected chi connectivity index (χ3v) is 6.12. The highest BCUT2D eigenvalue weighted by molar-refractivity contribution is 5.87. The van der Waals surface area contributed by atoms with Gasteiger partial charge in [-0.25, -0.2) is 9.97 Å². The van der Waals surface area contributed by atoms with E-state index in [9.17, 15) is 18.0 Å². The molecule has 0 spiro atoms. The van der Waals surface area contributed by atoms with Gasteiger partial charge in [-0.05, 0) is 31.0 Å². The fourth-order valence-corrected chi connectivity index (χ4v) is 4.36. The molecule has 1 aromatic carbocycles. The number of nitrogens with one attached hydrogen (secondary N) is 2. The number of rotatable bonds is 7. The quantitative estimate of drug-likeness (QED) is 0.343. The van der Waals surface area contributed by atoms with Gasteiger partial charge in [0.2, 0.25) is 11.9 Å². The van der Waals surface area contributed by atoms with Crippen LogP contribution < -0.4 is 15.4 Å². The predicted octanol–water partition coefficient (Wildman–Crippen LogP) is 5.10. The first-order valence-electron chi connectivity index (χ1n) is 12.0. The lowest BCUT2D eigenvalue weighted by atomic mass is 10.0. The van der Waals surface area contributed by atoms with E-state index in [0.717, 1.165) is 23.6 Å². The van der Waals surface area contributed by atoms with E-state index in [1.54, 1.807) is 41.9 Å². The number of benzene rings is 1. The Labute approximate surface area is 215 Å². The largest absolute Gasteiger partial charge is 0.457 e. The zero-order valence-corrected chi connectivity index (χ0v) is 20.7. The number of hydrogen-bond donors (Lipinski definition) is 2. The molecule has 13 heteroatoms. The Morgan fingerprint density at radius 1 is 1.18 bits per heavy atom. The van der Waals surface area contributed by atoms with Crippen molar-refractivity contribution < 1.29 is 27.4 Å². The van der Waals surface area contributed by atoms with Gasteiger partial charge in [0, 0.05) is 57.4 Å². The van der Waals surface area contributed by atoms with Crippen molar-refractivity contribution in [1.29, 1.82) is 0 Å². The van der Waals surface area contributed by atoms with Crippen molar-refractivity contribution in [3.8, 4) is 11.5 Å².